The predicted molar refractivity (Wildman–Crippen MR) is 74.8 cm³/mol. The van der Waals surface area contributed by atoms with Gasteiger partial charge < -0.3 is 4.74 Å². The number of ether oxygens (including phenoxy) is 1. The van der Waals surface area contributed by atoms with Crippen molar-refractivity contribution in [1.82, 2.24) is 19.7 Å². The zero-order chi connectivity index (χ0) is 13.5. The van der Waals surface area contributed by atoms with Crippen molar-refractivity contribution in [2.45, 2.75) is 19.3 Å². The third-order valence-corrected chi connectivity index (χ3v) is 3.78. The molecule has 2 aromatic heterocycles. The van der Waals surface area contributed by atoms with Crippen molar-refractivity contribution >= 4 is 11.0 Å². The Labute approximate surface area is 116 Å². The van der Waals surface area contributed by atoms with Crippen molar-refractivity contribution in [3.05, 3.63) is 41.9 Å². The molecule has 20 heavy (non-hydrogen) atoms. The Morgan fingerprint density at radius 1 is 1.15 bits per heavy atom. The number of aryl methyl sites for hydroxylation is 3. The molecule has 5 nitrogen and oxygen atoms in total. The minimum atomic E-state index is 0.557. The summed E-state index contributed by atoms with van der Waals surface area (Å²) in [7, 11) is 1.86. The number of hydrogen-bond donors (Lipinski definition) is 0. The van der Waals surface area contributed by atoms with Gasteiger partial charge in [0.1, 0.15) is 17.5 Å². The SMILES string of the molecule is Cn1ncc2c(Oc3ccc4c(c3)CCC4)ncnc21. The molecular weight excluding hydrogens is 252 g/mol. The highest BCUT2D eigenvalue weighted by Gasteiger charge is 2.13. The Hall–Kier alpha value is -2.43. The van der Waals surface area contributed by atoms with Gasteiger partial charge in [0.25, 0.3) is 0 Å². The highest BCUT2D eigenvalue weighted by Crippen LogP contribution is 2.30. The third kappa shape index (κ3) is 1.74. The van der Waals surface area contributed by atoms with Gasteiger partial charge in [-0.15, -0.1) is 0 Å². The zero-order valence-corrected chi connectivity index (χ0v) is 11.2. The lowest BCUT2D eigenvalue weighted by Gasteiger charge is -2.07. The Morgan fingerprint density at radius 2 is 2.05 bits per heavy atom. The minimum Gasteiger partial charge on any atom is -0.438 e. The first kappa shape index (κ1) is 11.4. The van der Waals surface area contributed by atoms with Gasteiger partial charge >= 0.3 is 0 Å². The lowest BCUT2D eigenvalue weighted by molar-refractivity contribution is 0.467. The van der Waals surface area contributed by atoms with Gasteiger partial charge in [0.15, 0.2) is 5.65 Å². The number of benzene rings is 1. The van der Waals surface area contributed by atoms with E-state index in [1.165, 1.54) is 30.3 Å². The molecule has 0 N–H and O–H groups in total. The van der Waals surface area contributed by atoms with Gasteiger partial charge in [0.2, 0.25) is 5.88 Å². The van der Waals surface area contributed by atoms with Crippen LogP contribution < -0.4 is 4.74 Å². The lowest BCUT2D eigenvalue weighted by atomic mass is 10.1. The molecule has 1 aliphatic carbocycles. The topological polar surface area (TPSA) is 52.8 Å². The van der Waals surface area contributed by atoms with Gasteiger partial charge in [0.05, 0.1) is 6.20 Å². The molecule has 100 valence electrons. The van der Waals surface area contributed by atoms with Gasteiger partial charge in [-0.25, -0.2) is 9.97 Å². The molecule has 0 spiro atoms. The summed E-state index contributed by atoms with van der Waals surface area (Å²) in [6.07, 6.45) is 6.79. The molecule has 0 bridgehead atoms. The van der Waals surface area contributed by atoms with Crippen molar-refractivity contribution < 1.29 is 4.74 Å². The standard InChI is InChI=1S/C15H14N4O/c1-19-14-13(8-18-19)15(17-9-16-14)20-12-6-5-10-3-2-4-11(10)7-12/h5-9H,2-4H2,1H3. The van der Waals surface area contributed by atoms with Gasteiger partial charge in [-0.2, -0.15) is 5.10 Å². The molecule has 2 heterocycles. The first-order chi connectivity index (χ1) is 9.81. The quantitative estimate of drug-likeness (QED) is 0.715. The first-order valence-corrected chi connectivity index (χ1v) is 6.73. The summed E-state index contributed by atoms with van der Waals surface area (Å²) in [5.41, 5.74) is 3.60. The highest BCUT2D eigenvalue weighted by atomic mass is 16.5. The molecule has 0 radical (unpaired) electrons. The summed E-state index contributed by atoms with van der Waals surface area (Å²) < 4.78 is 7.64. The van der Waals surface area contributed by atoms with Crippen molar-refractivity contribution in [3.8, 4) is 11.6 Å². The fourth-order valence-electron chi connectivity index (χ4n) is 2.75. The van der Waals surface area contributed by atoms with Crippen LogP contribution in [0, 0.1) is 0 Å². The summed E-state index contributed by atoms with van der Waals surface area (Å²) in [6.45, 7) is 0. The van der Waals surface area contributed by atoms with Crippen molar-refractivity contribution in [2.24, 2.45) is 7.05 Å². The van der Waals surface area contributed by atoms with Crippen LogP contribution in [0.25, 0.3) is 11.0 Å². The van der Waals surface area contributed by atoms with E-state index in [1.807, 2.05) is 13.1 Å². The van der Waals surface area contributed by atoms with E-state index in [0.29, 0.717) is 5.88 Å². The van der Waals surface area contributed by atoms with E-state index in [4.69, 9.17) is 4.74 Å². The Bertz CT molecular complexity index is 794. The molecule has 0 atom stereocenters. The monoisotopic (exact) mass is 266 g/mol. The van der Waals surface area contributed by atoms with E-state index in [1.54, 1.807) is 10.9 Å². The third-order valence-electron chi connectivity index (χ3n) is 3.78. The van der Waals surface area contributed by atoms with Crippen LogP contribution in [0.3, 0.4) is 0 Å². The molecule has 0 amide bonds. The maximum atomic E-state index is 5.93. The maximum absolute atomic E-state index is 5.93. The average Bonchev–Trinajstić information content (AvgIpc) is 3.06. The number of aromatic nitrogens is 4. The summed E-state index contributed by atoms with van der Waals surface area (Å²) in [4.78, 5) is 8.43. The van der Waals surface area contributed by atoms with E-state index < -0.39 is 0 Å². The Balaban J connectivity index is 1.74. The van der Waals surface area contributed by atoms with E-state index in [9.17, 15) is 0 Å². The van der Waals surface area contributed by atoms with Crippen molar-refractivity contribution in [3.63, 3.8) is 0 Å². The molecule has 0 saturated heterocycles. The molecule has 1 aliphatic rings. The maximum Gasteiger partial charge on any atom is 0.233 e. The van der Waals surface area contributed by atoms with Gasteiger partial charge in [0, 0.05) is 7.05 Å². The van der Waals surface area contributed by atoms with Gasteiger partial charge in [-0.1, -0.05) is 6.07 Å². The second kappa shape index (κ2) is 4.30. The minimum absolute atomic E-state index is 0.557. The number of hydrogen-bond acceptors (Lipinski definition) is 4. The van der Waals surface area contributed by atoms with E-state index in [-0.39, 0.29) is 0 Å². The molecular formula is C15H14N4O. The van der Waals surface area contributed by atoms with Crippen LogP contribution in [0.5, 0.6) is 11.6 Å². The van der Waals surface area contributed by atoms with Crippen LogP contribution in [0.4, 0.5) is 0 Å². The van der Waals surface area contributed by atoms with Crippen LogP contribution in [0.15, 0.2) is 30.7 Å². The first-order valence-electron chi connectivity index (χ1n) is 6.73. The average molecular weight is 266 g/mol. The Morgan fingerprint density at radius 3 is 3.00 bits per heavy atom. The van der Waals surface area contributed by atoms with Gasteiger partial charge in [-0.05, 0) is 42.5 Å². The fourth-order valence-corrected chi connectivity index (χ4v) is 2.75. The van der Waals surface area contributed by atoms with Crippen molar-refractivity contribution in [1.29, 1.82) is 0 Å². The summed E-state index contributed by atoms with van der Waals surface area (Å²) in [5.74, 6) is 1.38. The van der Waals surface area contributed by atoms with Crippen LogP contribution in [0.2, 0.25) is 0 Å². The molecule has 1 aromatic carbocycles. The van der Waals surface area contributed by atoms with Crippen LogP contribution in [0.1, 0.15) is 17.5 Å². The molecule has 5 heteroatoms. The van der Waals surface area contributed by atoms with Gasteiger partial charge in [-0.3, -0.25) is 4.68 Å². The molecule has 0 unspecified atom stereocenters. The normalized spacial score (nSPS) is 13.7. The smallest absolute Gasteiger partial charge is 0.233 e. The molecule has 0 aliphatic heterocycles. The number of nitrogens with zero attached hydrogens (tertiary/aromatic N) is 4. The fraction of sp³-hybridized carbons (Fsp3) is 0.267. The van der Waals surface area contributed by atoms with E-state index >= 15 is 0 Å². The second-order valence-electron chi connectivity index (χ2n) is 5.07. The summed E-state index contributed by atoms with van der Waals surface area (Å²) >= 11 is 0. The van der Waals surface area contributed by atoms with Crippen LogP contribution >= 0.6 is 0 Å². The van der Waals surface area contributed by atoms with Crippen LogP contribution in [-0.4, -0.2) is 19.7 Å². The largest absolute Gasteiger partial charge is 0.438 e. The van der Waals surface area contributed by atoms with E-state index in [2.05, 4.69) is 27.2 Å². The van der Waals surface area contributed by atoms with Crippen LogP contribution in [-0.2, 0) is 19.9 Å². The second-order valence-corrected chi connectivity index (χ2v) is 5.07. The lowest BCUT2D eigenvalue weighted by Crippen LogP contribution is -1.94. The molecule has 0 fully saturated rings. The number of rotatable bonds is 2. The zero-order valence-electron chi connectivity index (χ0n) is 11.2. The summed E-state index contributed by atoms with van der Waals surface area (Å²) in [5, 5.41) is 5.02. The predicted octanol–water partition coefficient (Wildman–Crippen LogP) is 2.64. The molecule has 0 saturated carbocycles. The van der Waals surface area contributed by atoms with E-state index in [0.717, 1.165) is 23.2 Å². The highest BCUT2D eigenvalue weighted by molar-refractivity contribution is 5.79. The molecule has 3 aromatic rings. The summed E-state index contributed by atoms with van der Waals surface area (Å²) in [6, 6.07) is 6.28. The van der Waals surface area contributed by atoms with Crippen molar-refractivity contribution in [2.75, 3.05) is 0 Å². The Kier molecular flexibility index (Phi) is 2.45. The molecule has 4 rings (SSSR count). The number of fused-ring (bicyclic) bond motifs is 2.